The van der Waals surface area contributed by atoms with Gasteiger partial charge in [0.1, 0.15) is 0 Å². The number of rotatable bonds is 7. The Kier molecular flexibility index (Phi) is 7.24. The molecule has 1 saturated carbocycles. The highest BCUT2D eigenvalue weighted by atomic mass is 16.3. The fourth-order valence-electron chi connectivity index (χ4n) is 5.72. The first kappa shape index (κ1) is 25.0. The lowest BCUT2D eigenvalue weighted by molar-refractivity contribution is 0.0782. The summed E-state index contributed by atoms with van der Waals surface area (Å²) in [7, 11) is 3.52. The summed E-state index contributed by atoms with van der Waals surface area (Å²) in [5, 5.41) is 12.4. The maximum Gasteiger partial charge on any atom is 0.258 e. The van der Waals surface area contributed by atoms with Crippen LogP contribution in [0, 0.1) is 11.8 Å². The van der Waals surface area contributed by atoms with Gasteiger partial charge in [0.15, 0.2) is 0 Å². The summed E-state index contributed by atoms with van der Waals surface area (Å²) in [5.74, 6) is 0.772. The first-order valence-corrected chi connectivity index (χ1v) is 13.1. The third-order valence-corrected chi connectivity index (χ3v) is 7.89. The van der Waals surface area contributed by atoms with E-state index in [-0.39, 0.29) is 11.5 Å². The molecule has 1 N–H and O–H groups in total. The molecular weight excluding hydrogens is 460 g/mol. The minimum Gasteiger partial charge on any atom is -0.388 e. The van der Waals surface area contributed by atoms with Gasteiger partial charge in [0.2, 0.25) is 0 Å². The van der Waals surface area contributed by atoms with E-state index in [0.717, 1.165) is 42.3 Å². The number of aliphatic hydroxyl groups excluding tert-OH is 1. The smallest absolute Gasteiger partial charge is 0.258 e. The summed E-state index contributed by atoms with van der Waals surface area (Å²) >= 11 is 0. The molecule has 1 heterocycles. The Bertz CT molecular complexity index is 1440. The summed E-state index contributed by atoms with van der Waals surface area (Å²) in [6.45, 7) is 0.352. The second-order valence-corrected chi connectivity index (χ2v) is 10.4. The molecule has 5 nitrogen and oxygen atoms in total. The van der Waals surface area contributed by atoms with Crippen LogP contribution >= 0.6 is 0 Å². The van der Waals surface area contributed by atoms with Crippen LogP contribution in [0.4, 0.5) is 0 Å². The van der Waals surface area contributed by atoms with E-state index < -0.39 is 6.10 Å². The molecule has 1 fully saturated rings. The van der Waals surface area contributed by atoms with E-state index in [1.807, 2.05) is 84.9 Å². The molecule has 0 aliphatic heterocycles. The Morgan fingerprint density at radius 3 is 2.46 bits per heavy atom. The molecule has 0 bridgehead atoms. The molecule has 3 atom stereocenters. The quantitative estimate of drug-likeness (QED) is 0.369. The van der Waals surface area contributed by atoms with Crippen molar-refractivity contribution in [3.63, 3.8) is 0 Å². The predicted molar refractivity (Wildman–Crippen MR) is 147 cm³/mol. The van der Waals surface area contributed by atoms with E-state index in [4.69, 9.17) is 0 Å². The Morgan fingerprint density at radius 1 is 1.00 bits per heavy atom. The minimum absolute atomic E-state index is 0.0521. The number of benzene rings is 3. The van der Waals surface area contributed by atoms with Gasteiger partial charge in [0.25, 0.3) is 11.5 Å². The summed E-state index contributed by atoms with van der Waals surface area (Å²) in [4.78, 5) is 27.5. The van der Waals surface area contributed by atoms with Crippen molar-refractivity contribution in [3.05, 3.63) is 118 Å². The van der Waals surface area contributed by atoms with Crippen molar-refractivity contribution in [1.82, 2.24) is 9.47 Å². The van der Waals surface area contributed by atoms with Crippen LogP contribution in [0.1, 0.15) is 52.5 Å². The van der Waals surface area contributed by atoms with Crippen molar-refractivity contribution in [1.29, 1.82) is 0 Å². The van der Waals surface area contributed by atoms with Crippen molar-refractivity contribution in [2.45, 2.75) is 38.3 Å². The Morgan fingerprint density at radius 2 is 1.70 bits per heavy atom. The van der Waals surface area contributed by atoms with E-state index in [0.29, 0.717) is 29.3 Å². The van der Waals surface area contributed by atoms with E-state index in [1.165, 1.54) is 5.56 Å². The van der Waals surface area contributed by atoms with Gasteiger partial charge in [0, 0.05) is 30.7 Å². The SMILES string of the molecule is CN(Cc1cc2ccccc2c(=O)n1C)C(=O)c1ccc(C[C@@H]2CC[C@H]([C@H](O)c3ccccc3)C2)cc1. The summed E-state index contributed by atoms with van der Waals surface area (Å²) in [6.07, 6.45) is 3.73. The molecule has 5 rings (SSSR count). The van der Waals surface area contributed by atoms with Crippen LogP contribution in [0.2, 0.25) is 0 Å². The number of aromatic nitrogens is 1. The third-order valence-electron chi connectivity index (χ3n) is 7.89. The lowest BCUT2D eigenvalue weighted by Gasteiger charge is -2.20. The molecule has 0 unspecified atom stereocenters. The van der Waals surface area contributed by atoms with Gasteiger partial charge in [-0.05, 0) is 78.3 Å². The van der Waals surface area contributed by atoms with Crippen LogP contribution in [-0.2, 0) is 20.0 Å². The number of nitrogens with zero attached hydrogens (tertiary/aromatic N) is 2. The fourth-order valence-corrected chi connectivity index (χ4v) is 5.72. The topological polar surface area (TPSA) is 62.5 Å². The van der Waals surface area contributed by atoms with Crippen molar-refractivity contribution in [2.75, 3.05) is 7.05 Å². The highest BCUT2D eigenvalue weighted by molar-refractivity contribution is 5.94. The van der Waals surface area contributed by atoms with Crippen LogP contribution in [0.15, 0.2) is 89.7 Å². The zero-order chi connectivity index (χ0) is 25.9. The number of fused-ring (bicyclic) bond motifs is 1. The average molecular weight is 495 g/mol. The van der Waals surface area contributed by atoms with Crippen molar-refractivity contribution < 1.29 is 9.90 Å². The second kappa shape index (κ2) is 10.7. The summed E-state index contributed by atoms with van der Waals surface area (Å²) in [6, 6.07) is 27.4. The van der Waals surface area contributed by atoms with Gasteiger partial charge in [-0.25, -0.2) is 0 Å². The number of hydrogen-bond donors (Lipinski definition) is 1. The molecule has 5 heteroatoms. The number of hydrogen-bond acceptors (Lipinski definition) is 3. The van der Waals surface area contributed by atoms with Gasteiger partial charge in [0.05, 0.1) is 12.6 Å². The van der Waals surface area contributed by atoms with Crippen LogP contribution in [0.25, 0.3) is 10.8 Å². The summed E-state index contributed by atoms with van der Waals surface area (Å²) < 4.78 is 1.62. The predicted octanol–water partition coefficient (Wildman–Crippen LogP) is 5.50. The first-order valence-electron chi connectivity index (χ1n) is 13.1. The first-order chi connectivity index (χ1) is 17.9. The van der Waals surface area contributed by atoms with Gasteiger partial charge in [-0.1, -0.05) is 60.7 Å². The molecule has 1 aliphatic carbocycles. The van der Waals surface area contributed by atoms with Gasteiger partial charge in [-0.2, -0.15) is 0 Å². The fraction of sp³-hybridized carbons (Fsp3) is 0.312. The van der Waals surface area contributed by atoms with Crippen LogP contribution in [0.3, 0.4) is 0 Å². The molecule has 1 amide bonds. The van der Waals surface area contributed by atoms with Gasteiger partial charge in [-0.15, -0.1) is 0 Å². The minimum atomic E-state index is -0.399. The maximum absolute atomic E-state index is 13.1. The monoisotopic (exact) mass is 494 g/mol. The van der Waals surface area contributed by atoms with E-state index in [1.54, 1.807) is 23.6 Å². The zero-order valence-corrected chi connectivity index (χ0v) is 21.5. The lowest BCUT2D eigenvalue weighted by atomic mass is 9.91. The molecule has 1 aliphatic rings. The molecule has 37 heavy (non-hydrogen) atoms. The molecule has 4 aromatic rings. The second-order valence-electron chi connectivity index (χ2n) is 10.4. The Labute approximate surface area is 218 Å². The standard InChI is InChI=1S/C32H34N2O3/c1-33(21-28-20-26-10-6-7-11-29(26)32(37)34(28)2)31(36)25-15-12-22(13-16-25)18-23-14-17-27(19-23)30(35)24-8-4-3-5-9-24/h3-13,15-16,20,23,27,30,35H,14,17-19,21H2,1-2H3/t23-,27-,30+/m0/s1. The van der Waals surface area contributed by atoms with E-state index in [9.17, 15) is 14.7 Å². The Balaban J connectivity index is 1.20. The van der Waals surface area contributed by atoms with E-state index in [2.05, 4.69) is 0 Å². The largest absolute Gasteiger partial charge is 0.388 e. The third kappa shape index (κ3) is 5.37. The Hall–Kier alpha value is -3.70. The number of carbonyl (C=O) groups excluding carboxylic acids is 1. The molecular formula is C32H34N2O3. The molecule has 3 aromatic carbocycles. The number of carbonyl (C=O) groups is 1. The van der Waals surface area contributed by atoms with Gasteiger partial charge < -0.3 is 14.6 Å². The molecule has 0 saturated heterocycles. The normalized spacial score (nSPS) is 18.1. The van der Waals surface area contributed by atoms with Crippen LogP contribution < -0.4 is 5.56 Å². The van der Waals surface area contributed by atoms with E-state index >= 15 is 0 Å². The molecule has 0 radical (unpaired) electrons. The average Bonchev–Trinajstić information content (AvgIpc) is 3.40. The number of pyridine rings is 1. The maximum atomic E-state index is 13.1. The molecule has 190 valence electrons. The lowest BCUT2D eigenvalue weighted by Crippen LogP contribution is -2.30. The summed E-state index contributed by atoms with van der Waals surface area (Å²) in [5.41, 5.74) is 3.61. The zero-order valence-electron chi connectivity index (χ0n) is 21.5. The van der Waals surface area contributed by atoms with Crippen molar-refractivity contribution in [2.24, 2.45) is 18.9 Å². The number of amides is 1. The molecule has 0 spiro atoms. The van der Waals surface area contributed by atoms with Crippen molar-refractivity contribution in [3.8, 4) is 0 Å². The van der Waals surface area contributed by atoms with Crippen LogP contribution in [0.5, 0.6) is 0 Å². The van der Waals surface area contributed by atoms with Gasteiger partial charge in [-0.3, -0.25) is 9.59 Å². The number of aliphatic hydroxyl groups is 1. The van der Waals surface area contributed by atoms with Crippen LogP contribution in [-0.4, -0.2) is 27.5 Å². The highest BCUT2D eigenvalue weighted by Gasteiger charge is 2.30. The molecule has 1 aromatic heterocycles. The highest BCUT2D eigenvalue weighted by Crippen LogP contribution is 2.40. The van der Waals surface area contributed by atoms with Crippen molar-refractivity contribution >= 4 is 16.7 Å². The van der Waals surface area contributed by atoms with Gasteiger partial charge >= 0.3 is 0 Å².